The standard InChI is InChI=1S/C105H180O16P2/c1-4-7-10-13-16-19-22-25-28-31-34-36-38-40-42-44-46-48-49-51-53-54-56-58-60-62-65-67-70-73-76-79-82-85-88-91-103(108)115-94-100(106)95-117-122(111,112)118-96-101(107)97-119-123(113,114)120-99-102(121-105(110)93-90-87-84-81-78-75-72-69-64-33-30-27-24-21-18-15-12-9-6-3)98-116-104(109)92-89-86-83-80-77-74-71-68-66-63-61-59-57-55-52-50-47-45-43-41-39-37-35-32-29-26-23-20-17-14-11-8-5-2/h8-9,11-12,16-21,25-30,34-37,40-43,64,69,75,78,100-102,106-107H,4-7,10,13-15,22-24,31-33,38-39,44-63,65-68,70-74,76-77,79-99H2,1-3H3,(H,111,112)(H,113,114)/b11-8-,12-9-,19-16-,20-17-,21-18-,28-25-,29-26-,30-27-,36-34-,37-35-,42-40-,43-41-,69-64-,78-75-. The molecular formula is C105H180O16P2. The van der Waals surface area contributed by atoms with Gasteiger partial charge in [0.1, 0.15) is 25.4 Å². The van der Waals surface area contributed by atoms with E-state index < -0.39 is 91.5 Å². The Kier molecular flexibility index (Phi) is 92.0. The van der Waals surface area contributed by atoms with Crippen molar-refractivity contribution in [3.05, 3.63) is 170 Å². The average Bonchev–Trinajstić information content (AvgIpc) is 0.898. The van der Waals surface area contributed by atoms with Crippen molar-refractivity contribution in [2.24, 2.45) is 0 Å². The lowest BCUT2D eigenvalue weighted by Gasteiger charge is -2.21. The monoisotopic (exact) mass is 1760 g/mol. The second-order valence-corrected chi connectivity index (χ2v) is 35.7. The van der Waals surface area contributed by atoms with E-state index in [1.54, 1.807) is 0 Å². The van der Waals surface area contributed by atoms with Crippen LogP contribution in [-0.4, -0.2) is 95.9 Å². The van der Waals surface area contributed by atoms with Gasteiger partial charge < -0.3 is 34.2 Å². The molecule has 18 heteroatoms. The molecule has 0 saturated heterocycles. The molecule has 4 N–H and O–H groups in total. The Balaban J connectivity index is 4.50. The topological polar surface area (TPSA) is 231 Å². The first-order valence-electron chi connectivity index (χ1n) is 49.4. The quantitative estimate of drug-likeness (QED) is 0.0146. The molecule has 5 unspecified atom stereocenters. The summed E-state index contributed by atoms with van der Waals surface area (Å²) in [5.41, 5.74) is 0. The van der Waals surface area contributed by atoms with Crippen LogP contribution in [0.5, 0.6) is 0 Å². The summed E-state index contributed by atoms with van der Waals surface area (Å²) < 4.78 is 61.5. The lowest BCUT2D eigenvalue weighted by Crippen LogP contribution is -2.30. The van der Waals surface area contributed by atoms with Crippen LogP contribution < -0.4 is 0 Å². The Morgan fingerprint density at radius 3 is 0.691 bits per heavy atom. The molecule has 0 heterocycles. The van der Waals surface area contributed by atoms with Gasteiger partial charge in [0.05, 0.1) is 26.4 Å². The first-order valence-corrected chi connectivity index (χ1v) is 52.4. The second kappa shape index (κ2) is 96.0. The maximum absolute atomic E-state index is 13.1. The molecule has 16 nitrogen and oxygen atoms in total. The van der Waals surface area contributed by atoms with E-state index in [4.69, 9.17) is 32.3 Å². The smallest absolute Gasteiger partial charge is 0.463 e. The molecule has 0 aliphatic rings. The van der Waals surface area contributed by atoms with Gasteiger partial charge in [-0.3, -0.25) is 32.5 Å². The van der Waals surface area contributed by atoms with Crippen molar-refractivity contribution in [1.82, 2.24) is 0 Å². The van der Waals surface area contributed by atoms with Crippen LogP contribution in [-0.2, 0) is 55.8 Å². The zero-order chi connectivity index (χ0) is 89.3. The number of carbonyl (C=O) groups is 3. The molecular weight excluding hydrogens is 1580 g/mol. The number of allylic oxidation sites excluding steroid dienone is 28. The van der Waals surface area contributed by atoms with Gasteiger partial charge in [0.2, 0.25) is 0 Å². The normalized spacial score (nSPS) is 14.4. The number of unbranched alkanes of at least 4 members (excludes halogenated alkanes) is 42. The highest BCUT2D eigenvalue weighted by molar-refractivity contribution is 7.47. The molecule has 5 atom stereocenters. The Morgan fingerprint density at radius 1 is 0.236 bits per heavy atom. The molecule has 0 fully saturated rings. The molecule has 0 bridgehead atoms. The van der Waals surface area contributed by atoms with E-state index in [1.807, 2.05) is 0 Å². The summed E-state index contributed by atoms with van der Waals surface area (Å²) in [6.07, 6.45) is 126. The van der Waals surface area contributed by atoms with E-state index in [0.29, 0.717) is 19.3 Å². The maximum atomic E-state index is 13.1. The summed E-state index contributed by atoms with van der Waals surface area (Å²) in [5, 5.41) is 20.8. The highest BCUT2D eigenvalue weighted by Crippen LogP contribution is 2.45. The molecule has 706 valence electrons. The first-order chi connectivity index (χ1) is 60.2. The summed E-state index contributed by atoms with van der Waals surface area (Å²) in [5.74, 6) is -1.60. The fourth-order valence-electron chi connectivity index (χ4n) is 13.5. The van der Waals surface area contributed by atoms with E-state index in [0.717, 1.165) is 141 Å². The maximum Gasteiger partial charge on any atom is 0.472 e. The number of aliphatic hydroxyl groups is 2. The van der Waals surface area contributed by atoms with Crippen LogP contribution in [0.2, 0.25) is 0 Å². The molecule has 0 aromatic carbocycles. The molecule has 0 radical (unpaired) electrons. The molecule has 123 heavy (non-hydrogen) atoms. The number of phosphoric ester groups is 2. The van der Waals surface area contributed by atoms with E-state index in [9.17, 15) is 43.5 Å². The van der Waals surface area contributed by atoms with Crippen molar-refractivity contribution in [1.29, 1.82) is 0 Å². The molecule has 0 aliphatic carbocycles. The van der Waals surface area contributed by atoms with Crippen LogP contribution in [0.15, 0.2) is 170 Å². The Hall–Kier alpha value is -5.09. The molecule has 0 amide bonds. The molecule has 0 spiro atoms. The van der Waals surface area contributed by atoms with Crippen molar-refractivity contribution in [3.63, 3.8) is 0 Å². The predicted molar refractivity (Wildman–Crippen MR) is 519 cm³/mol. The Labute approximate surface area is 752 Å². The van der Waals surface area contributed by atoms with Gasteiger partial charge in [0, 0.05) is 19.3 Å². The van der Waals surface area contributed by atoms with E-state index in [1.165, 1.54) is 218 Å². The van der Waals surface area contributed by atoms with Gasteiger partial charge in [-0.05, 0) is 154 Å². The third kappa shape index (κ3) is 97.4. The van der Waals surface area contributed by atoms with Gasteiger partial charge in [-0.2, -0.15) is 0 Å². The van der Waals surface area contributed by atoms with Crippen molar-refractivity contribution >= 4 is 33.6 Å². The number of aliphatic hydroxyl groups excluding tert-OH is 2. The van der Waals surface area contributed by atoms with Gasteiger partial charge >= 0.3 is 33.6 Å². The zero-order valence-electron chi connectivity index (χ0n) is 78.1. The highest BCUT2D eigenvalue weighted by Gasteiger charge is 2.30. The van der Waals surface area contributed by atoms with Crippen molar-refractivity contribution in [2.45, 2.75) is 437 Å². The average molecular weight is 1760 g/mol. The minimum absolute atomic E-state index is 0.0628. The lowest BCUT2D eigenvalue weighted by atomic mass is 10.0. The largest absolute Gasteiger partial charge is 0.472 e. The van der Waals surface area contributed by atoms with Crippen LogP contribution in [0.25, 0.3) is 0 Å². The number of esters is 3. The van der Waals surface area contributed by atoms with Gasteiger partial charge in [-0.15, -0.1) is 0 Å². The highest BCUT2D eigenvalue weighted by atomic mass is 31.2. The summed E-state index contributed by atoms with van der Waals surface area (Å²) in [6.45, 7) is 2.44. The van der Waals surface area contributed by atoms with Gasteiger partial charge in [-0.1, -0.05) is 416 Å². The lowest BCUT2D eigenvalue weighted by molar-refractivity contribution is -0.161. The van der Waals surface area contributed by atoms with Crippen molar-refractivity contribution < 1.29 is 75.8 Å². The summed E-state index contributed by atoms with van der Waals surface area (Å²) in [7, 11) is -9.82. The molecule has 0 aliphatic heterocycles. The number of carbonyl (C=O) groups excluding carboxylic acids is 3. The van der Waals surface area contributed by atoms with E-state index in [2.05, 4.69) is 191 Å². The molecule has 0 saturated carbocycles. The van der Waals surface area contributed by atoms with Gasteiger partial charge in [0.15, 0.2) is 6.10 Å². The minimum atomic E-state index is -4.95. The fraction of sp³-hybridized carbons (Fsp3) is 0.705. The third-order valence-electron chi connectivity index (χ3n) is 20.9. The van der Waals surface area contributed by atoms with E-state index >= 15 is 0 Å². The first kappa shape index (κ1) is 118. The van der Waals surface area contributed by atoms with Crippen LogP contribution in [0.4, 0.5) is 0 Å². The van der Waals surface area contributed by atoms with Crippen molar-refractivity contribution in [3.8, 4) is 0 Å². The number of ether oxygens (including phenoxy) is 3. The minimum Gasteiger partial charge on any atom is -0.463 e. The summed E-state index contributed by atoms with van der Waals surface area (Å²) >= 11 is 0. The molecule has 0 rings (SSSR count). The third-order valence-corrected chi connectivity index (χ3v) is 22.8. The van der Waals surface area contributed by atoms with Gasteiger partial charge in [-0.25, -0.2) is 9.13 Å². The summed E-state index contributed by atoms with van der Waals surface area (Å²) in [6, 6.07) is 0. The predicted octanol–water partition coefficient (Wildman–Crippen LogP) is 31.0. The fourth-order valence-corrected chi connectivity index (χ4v) is 15.1. The Bertz CT molecular complexity index is 2920. The number of hydrogen-bond acceptors (Lipinski definition) is 14. The zero-order valence-corrected chi connectivity index (χ0v) is 79.9. The summed E-state index contributed by atoms with van der Waals surface area (Å²) in [4.78, 5) is 59.1. The number of phosphoric acid groups is 2. The number of rotatable bonds is 93. The van der Waals surface area contributed by atoms with Crippen LogP contribution in [0, 0.1) is 0 Å². The van der Waals surface area contributed by atoms with Crippen molar-refractivity contribution in [2.75, 3.05) is 39.6 Å². The molecule has 0 aromatic rings. The number of hydrogen-bond donors (Lipinski definition) is 4. The SMILES string of the molecule is CC/C=C\C/C=C\C/C=C\C/C=C\C/C=C\CCCCCCCCCCCCCCCCCCCC(=O)OCC(COP(=O)(O)OCC(O)COP(=O)(O)OCC(O)COC(=O)CCCCCCCCCCCCCCCCCCCCC/C=C\C/C=C\C/C=C\C/C=C\CCCCC)OC(=O)CCCCC/C=C\C/C=C\C/C=C\C/C=C\C/C=C\CC. The Morgan fingerprint density at radius 2 is 0.431 bits per heavy atom. The molecule has 0 aromatic heterocycles. The van der Waals surface area contributed by atoms with Gasteiger partial charge in [0.25, 0.3) is 0 Å². The van der Waals surface area contributed by atoms with Crippen LogP contribution in [0.3, 0.4) is 0 Å². The van der Waals surface area contributed by atoms with Crippen LogP contribution >= 0.6 is 15.6 Å². The second-order valence-electron chi connectivity index (χ2n) is 32.8. The van der Waals surface area contributed by atoms with E-state index in [-0.39, 0.29) is 19.3 Å². The van der Waals surface area contributed by atoms with Crippen LogP contribution in [0.1, 0.15) is 419 Å².